The molecule has 3 heterocycles. The predicted octanol–water partition coefficient (Wildman–Crippen LogP) is 3.25. The Labute approximate surface area is 188 Å². The average molecular weight is 429 g/mol. The first-order valence-corrected chi connectivity index (χ1v) is 11.3. The third-order valence-corrected chi connectivity index (χ3v) is 6.67. The fraction of sp³-hybridized carbons (Fsp3) is 0.346. The Balaban J connectivity index is 1.42. The summed E-state index contributed by atoms with van der Waals surface area (Å²) < 4.78 is 0. The normalized spacial score (nSPS) is 19.5. The van der Waals surface area contributed by atoms with E-state index in [4.69, 9.17) is 4.98 Å². The molecule has 164 valence electrons. The Hall–Kier alpha value is -3.25. The molecule has 2 fully saturated rings. The third kappa shape index (κ3) is 3.98. The highest BCUT2D eigenvalue weighted by molar-refractivity contribution is 6.06. The summed E-state index contributed by atoms with van der Waals surface area (Å²) in [6, 6.07) is 19.3. The first-order valence-electron chi connectivity index (χ1n) is 11.3. The Kier molecular flexibility index (Phi) is 5.62. The highest BCUT2D eigenvalue weighted by Crippen LogP contribution is 2.30. The lowest BCUT2D eigenvalue weighted by molar-refractivity contribution is 0.0665. The molecule has 1 unspecified atom stereocenters. The molecule has 2 aromatic carbocycles. The quantitative estimate of drug-likeness (QED) is 0.643. The van der Waals surface area contributed by atoms with Crippen LogP contribution < -0.4 is 0 Å². The molecule has 0 aliphatic carbocycles. The molecule has 2 amide bonds. The SMILES string of the molecule is CN1CCN(C(=O)c2cc(C3CCN(C(=O)c4ccccc4)C3)nc3ccccc23)CC1. The van der Waals surface area contributed by atoms with Gasteiger partial charge < -0.3 is 14.7 Å². The summed E-state index contributed by atoms with van der Waals surface area (Å²) in [6.07, 6.45) is 0.853. The van der Waals surface area contributed by atoms with Crippen LogP contribution in [0.4, 0.5) is 0 Å². The topological polar surface area (TPSA) is 56.8 Å². The summed E-state index contributed by atoms with van der Waals surface area (Å²) in [4.78, 5) is 37.4. The van der Waals surface area contributed by atoms with Crippen molar-refractivity contribution in [1.82, 2.24) is 19.7 Å². The monoisotopic (exact) mass is 428 g/mol. The molecular formula is C26H28N4O2. The van der Waals surface area contributed by atoms with Gasteiger partial charge in [-0.2, -0.15) is 0 Å². The van der Waals surface area contributed by atoms with Crippen molar-refractivity contribution in [1.29, 1.82) is 0 Å². The van der Waals surface area contributed by atoms with Crippen molar-refractivity contribution in [2.45, 2.75) is 12.3 Å². The van der Waals surface area contributed by atoms with Crippen molar-refractivity contribution in [3.05, 3.63) is 77.5 Å². The maximum atomic E-state index is 13.5. The second-order valence-corrected chi connectivity index (χ2v) is 8.81. The van der Waals surface area contributed by atoms with Gasteiger partial charge in [-0.3, -0.25) is 14.6 Å². The number of carbonyl (C=O) groups is 2. The molecule has 6 heteroatoms. The maximum absolute atomic E-state index is 13.5. The number of rotatable bonds is 3. The third-order valence-electron chi connectivity index (χ3n) is 6.67. The molecule has 6 nitrogen and oxygen atoms in total. The van der Waals surface area contributed by atoms with E-state index in [-0.39, 0.29) is 17.7 Å². The molecular weight excluding hydrogens is 400 g/mol. The Bertz CT molecular complexity index is 1140. The summed E-state index contributed by atoms with van der Waals surface area (Å²) in [6.45, 7) is 4.59. The second kappa shape index (κ2) is 8.71. The molecule has 2 aliphatic rings. The van der Waals surface area contributed by atoms with Gasteiger partial charge in [0.2, 0.25) is 0 Å². The number of likely N-dealkylation sites (tertiary alicyclic amines) is 1. The van der Waals surface area contributed by atoms with Crippen LogP contribution in [0.1, 0.15) is 38.7 Å². The van der Waals surface area contributed by atoms with Crippen molar-refractivity contribution < 1.29 is 9.59 Å². The number of aromatic nitrogens is 1. The van der Waals surface area contributed by atoms with Crippen molar-refractivity contribution in [2.75, 3.05) is 46.3 Å². The number of benzene rings is 2. The number of para-hydroxylation sites is 1. The van der Waals surface area contributed by atoms with E-state index in [1.54, 1.807) is 0 Å². The van der Waals surface area contributed by atoms with Gasteiger partial charge >= 0.3 is 0 Å². The van der Waals surface area contributed by atoms with E-state index in [1.807, 2.05) is 70.5 Å². The number of nitrogens with zero attached hydrogens (tertiary/aromatic N) is 4. The van der Waals surface area contributed by atoms with Crippen molar-refractivity contribution in [3.63, 3.8) is 0 Å². The molecule has 0 radical (unpaired) electrons. The van der Waals surface area contributed by atoms with Crippen LogP contribution in [0, 0.1) is 0 Å². The largest absolute Gasteiger partial charge is 0.338 e. The fourth-order valence-corrected chi connectivity index (χ4v) is 4.71. The van der Waals surface area contributed by atoms with Crippen LogP contribution in [0.3, 0.4) is 0 Å². The van der Waals surface area contributed by atoms with Gasteiger partial charge in [0.25, 0.3) is 11.8 Å². The van der Waals surface area contributed by atoms with Gasteiger partial charge in [0.05, 0.1) is 11.1 Å². The predicted molar refractivity (Wildman–Crippen MR) is 125 cm³/mol. The highest BCUT2D eigenvalue weighted by atomic mass is 16.2. The van der Waals surface area contributed by atoms with Gasteiger partial charge in [-0.25, -0.2) is 0 Å². The first kappa shape index (κ1) is 20.6. The Morgan fingerprint density at radius 3 is 2.34 bits per heavy atom. The van der Waals surface area contributed by atoms with E-state index < -0.39 is 0 Å². The van der Waals surface area contributed by atoms with Gasteiger partial charge in [-0.05, 0) is 37.7 Å². The van der Waals surface area contributed by atoms with Crippen LogP contribution in [-0.2, 0) is 0 Å². The molecule has 0 saturated carbocycles. The summed E-state index contributed by atoms with van der Waals surface area (Å²) in [7, 11) is 2.09. The van der Waals surface area contributed by atoms with Gasteiger partial charge in [0, 0.05) is 61.8 Å². The number of hydrogen-bond donors (Lipinski definition) is 0. The minimum Gasteiger partial charge on any atom is -0.338 e. The zero-order chi connectivity index (χ0) is 22.1. The van der Waals surface area contributed by atoms with Crippen LogP contribution in [0.2, 0.25) is 0 Å². The molecule has 1 aromatic heterocycles. The van der Waals surface area contributed by atoms with E-state index in [1.165, 1.54) is 0 Å². The minimum absolute atomic E-state index is 0.0580. The van der Waals surface area contributed by atoms with Gasteiger partial charge in [0.1, 0.15) is 0 Å². The number of pyridine rings is 1. The van der Waals surface area contributed by atoms with Crippen molar-refractivity contribution in [3.8, 4) is 0 Å². The molecule has 32 heavy (non-hydrogen) atoms. The molecule has 0 N–H and O–H groups in total. The highest BCUT2D eigenvalue weighted by Gasteiger charge is 2.30. The van der Waals surface area contributed by atoms with Gasteiger partial charge in [-0.1, -0.05) is 36.4 Å². The Morgan fingerprint density at radius 1 is 0.844 bits per heavy atom. The molecule has 0 spiro atoms. The molecule has 5 rings (SSSR count). The Morgan fingerprint density at radius 2 is 1.56 bits per heavy atom. The lowest BCUT2D eigenvalue weighted by Gasteiger charge is -2.32. The number of carbonyl (C=O) groups excluding carboxylic acids is 2. The van der Waals surface area contributed by atoms with Crippen LogP contribution >= 0.6 is 0 Å². The first-order chi connectivity index (χ1) is 15.6. The van der Waals surface area contributed by atoms with Crippen molar-refractivity contribution >= 4 is 22.7 Å². The zero-order valence-electron chi connectivity index (χ0n) is 18.4. The van der Waals surface area contributed by atoms with E-state index in [0.29, 0.717) is 18.7 Å². The lowest BCUT2D eigenvalue weighted by atomic mass is 9.98. The number of hydrogen-bond acceptors (Lipinski definition) is 4. The standard InChI is InChI=1S/C26H28N4O2/c1-28-13-15-29(16-14-28)26(32)22-17-24(27-23-10-6-5-9-21(22)23)20-11-12-30(18-20)25(31)19-7-3-2-4-8-19/h2-10,17,20H,11-16,18H2,1H3. The summed E-state index contributed by atoms with van der Waals surface area (Å²) in [5.74, 6) is 0.266. The van der Waals surface area contributed by atoms with Crippen LogP contribution in [-0.4, -0.2) is 77.8 Å². The molecule has 2 saturated heterocycles. The maximum Gasteiger partial charge on any atom is 0.254 e. The van der Waals surface area contributed by atoms with E-state index in [2.05, 4.69) is 11.9 Å². The lowest BCUT2D eigenvalue weighted by Crippen LogP contribution is -2.47. The summed E-state index contributed by atoms with van der Waals surface area (Å²) >= 11 is 0. The molecule has 1 atom stereocenters. The number of amides is 2. The second-order valence-electron chi connectivity index (χ2n) is 8.81. The summed E-state index contributed by atoms with van der Waals surface area (Å²) in [5, 5.41) is 0.899. The fourth-order valence-electron chi connectivity index (χ4n) is 4.71. The minimum atomic E-state index is 0.0580. The van der Waals surface area contributed by atoms with Crippen LogP contribution in [0.5, 0.6) is 0 Å². The number of likely N-dealkylation sites (N-methyl/N-ethyl adjacent to an activating group) is 1. The van der Waals surface area contributed by atoms with E-state index in [0.717, 1.165) is 54.8 Å². The number of piperazine rings is 1. The smallest absolute Gasteiger partial charge is 0.254 e. The molecule has 2 aliphatic heterocycles. The zero-order valence-corrected chi connectivity index (χ0v) is 18.4. The van der Waals surface area contributed by atoms with Gasteiger partial charge in [0.15, 0.2) is 0 Å². The molecule has 3 aromatic rings. The van der Waals surface area contributed by atoms with Crippen LogP contribution in [0.15, 0.2) is 60.7 Å². The van der Waals surface area contributed by atoms with E-state index in [9.17, 15) is 9.59 Å². The summed E-state index contributed by atoms with van der Waals surface area (Å²) in [5.41, 5.74) is 3.19. The van der Waals surface area contributed by atoms with E-state index >= 15 is 0 Å². The van der Waals surface area contributed by atoms with Crippen LogP contribution in [0.25, 0.3) is 10.9 Å². The van der Waals surface area contributed by atoms with Crippen molar-refractivity contribution in [2.24, 2.45) is 0 Å². The molecule has 0 bridgehead atoms. The van der Waals surface area contributed by atoms with Gasteiger partial charge in [-0.15, -0.1) is 0 Å². The number of fused-ring (bicyclic) bond motifs is 1. The average Bonchev–Trinajstić information content (AvgIpc) is 3.34.